The van der Waals surface area contributed by atoms with Crippen LogP contribution in [0.25, 0.3) is 33.7 Å². The largest absolute Gasteiger partial charge is 0.256 e. The molecule has 2 heterocycles. The molecule has 0 amide bonds. The second-order valence-corrected chi connectivity index (χ2v) is 15.2. The van der Waals surface area contributed by atoms with Gasteiger partial charge in [0.25, 0.3) is 0 Å². The van der Waals surface area contributed by atoms with E-state index in [9.17, 15) is 16.8 Å². The molecule has 0 aliphatic heterocycles. The van der Waals surface area contributed by atoms with Crippen LogP contribution in [-0.4, -0.2) is 44.6 Å². The zero-order valence-corrected chi connectivity index (χ0v) is 25.6. The lowest BCUT2D eigenvalue weighted by Gasteiger charge is -2.14. The second kappa shape index (κ2) is 11.6. The SMILES string of the molecule is Cc1ccc(C(=Cc2cccc(-c3cc(CC(C)S(C)(=O)=O)cc4cccnc34)c2)c2ccc(S(C)(=O)=O)cc2)nc1. The molecule has 0 aliphatic carbocycles. The van der Waals surface area contributed by atoms with E-state index in [4.69, 9.17) is 0 Å². The summed E-state index contributed by atoms with van der Waals surface area (Å²) in [7, 11) is -6.50. The fourth-order valence-corrected chi connectivity index (χ4v) is 5.98. The standard InChI is InChI=1S/C34H32N2O4S2/c1-23-10-15-33(36-22-23)31(27-11-13-30(14-12-27)42(4,39)40)20-25-7-5-8-28(18-25)32-21-26(17-24(2)41(3,37)38)19-29-9-6-16-35-34(29)32/h5-16,18-22,24H,17H2,1-4H3. The Morgan fingerprint density at radius 3 is 2.29 bits per heavy atom. The Hall–Kier alpha value is -4.14. The van der Waals surface area contributed by atoms with Gasteiger partial charge in [0.15, 0.2) is 9.84 Å². The van der Waals surface area contributed by atoms with Crippen molar-refractivity contribution in [2.45, 2.75) is 30.4 Å². The smallest absolute Gasteiger partial charge is 0.175 e. The van der Waals surface area contributed by atoms with E-state index in [-0.39, 0.29) is 4.90 Å². The molecule has 0 saturated carbocycles. The quantitative estimate of drug-likeness (QED) is 0.188. The number of rotatable bonds is 8. The second-order valence-electron chi connectivity index (χ2n) is 10.8. The monoisotopic (exact) mass is 596 g/mol. The van der Waals surface area contributed by atoms with Gasteiger partial charge in [-0.3, -0.25) is 9.97 Å². The highest BCUT2D eigenvalue weighted by atomic mass is 32.2. The summed E-state index contributed by atoms with van der Waals surface area (Å²) in [6.07, 6.45) is 8.49. The van der Waals surface area contributed by atoms with Crippen molar-refractivity contribution in [3.05, 3.63) is 125 Å². The Morgan fingerprint density at radius 2 is 1.62 bits per heavy atom. The van der Waals surface area contributed by atoms with Crippen molar-refractivity contribution in [1.29, 1.82) is 0 Å². The first-order valence-corrected chi connectivity index (χ1v) is 17.4. The van der Waals surface area contributed by atoms with Gasteiger partial charge in [0.1, 0.15) is 9.84 Å². The average molecular weight is 597 g/mol. The van der Waals surface area contributed by atoms with Crippen LogP contribution in [0.5, 0.6) is 0 Å². The van der Waals surface area contributed by atoms with Gasteiger partial charge in [-0.15, -0.1) is 0 Å². The molecule has 214 valence electrons. The highest BCUT2D eigenvalue weighted by Gasteiger charge is 2.17. The van der Waals surface area contributed by atoms with Gasteiger partial charge in [-0.1, -0.05) is 42.5 Å². The van der Waals surface area contributed by atoms with Crippen LogP contribution in [0.1, 0.15) is 34.9 Å². The van der Waals surface area contributed by atoms with Crippen LogP contribution in [0, 0.1) is 6.92 Å². The third kappa shape index (κ3) is 6.66. The van der Waals surface area contributed by atoms with E-state index in [0.717, 1.165) is 55.6 Å². The van der Waals surface area contributed by atoms with Gasteiger partial charge in [-0.25, -0.2) is 16.8 Å². The van der Waals surface area contributed by atoms with E-state index in [0.29, 0.717) is 6.42 Å². The lowest BCUT2D eigenvalue weighted by molar-refractivity contribution is 0.588. The number of nitrogens with zero attached hydrogens (tertiary/aromatic N) is 2. The summed E-state index contributed by atoms with van der Waals surface area (Å²) in [5, 5.41) is 0.439. The van der Waals surface area contributed by atoms with Gasteiger partial charge >= 0.3 is 0 Å². The molecule has 0 fully saturated rings. The maximum atomic E-state index is 12.2. The molecule has 5 aromatic rings. The van der Waals surface area contributed by atoms with Crippen LogP contribution in [0.3, 0.4) is 0 Å². The molecule has 5 rings (SSSR count). The summed E-state index contributed by atoms with van der Waals surface area (Å²) in [6, 6.07) is 26.8. The van der Waals surface area contributed by atoms with Crippen LogP contribution < -0.4 is 0 Å². The summed E-state index contributed by atoms with van der Waals surface area (Å²) in [6.45, 7) is 3.71. The molecule has 42 heavy (non-hydrogen) atoms. The third-order valence-corrected chi connectivity index (χ3v) is 10.1. The number of aromatic nitrogens is 2. The molecule has 0 radical (unpaired) electrons. The Bertz CT molecular complexity index is 2020. The van der Waals surface area contributed by atoms with E-state index in [1.165, 1.54) is 12.5 Å². The van der Waals surface area contributed by atoms with E-state index in [1.54, 1.807) is 37.4 Å². The number of aryl methyl sites for hydroxylation is 1. The van der Waals surface area contributed by atoms with Crippen molar-refractivity contribution in [2.24, 2.45) is 0 Å². The van der Waals surface area contributed by atoms with Gasteiger partial charge in [-0.05, 0) is 96.6 Å². The molecule has 6 nitrogen and oxygen atoms in total. The van der Waals surface area contributed by atoms with Crippen LogP contribution in [0.4, 0.5) is 0 Å². The first kappa shape index (κ1) is 29.4. The Labute approximate surface area is 247 Å². The molecular weight excluding hydrogens is 565 g/mol. The number of sulfone groups is 2. The minimum absolute atomic E-state index is 0.258. The Kier molecular flexibility index (Phi) is 8.12. The molecule has 0 spiro atoms. The van der Waals surface area contributed by atoms with Crippen LogP contribution >= 0.6 is 0 Å². The maximum Gasteiger partial charge on any atom is 0.175 e. The normalized spacial score (nSPS) is 13.3. The van der Waals surface area contributed by atoms with Crippen molar-refractivity contribution in [2.75, 3.05) is 12.5 Å². The highest BCUT2D eigenvalue weighted by Crippen LogP contribution is 2.32. The predicted molar refractivity (Wildman–Crippen MR) is 171 cm³/mol. The molecule has 0 bridgehead atoms. The minimum atomic E-state index is -3.32. The van der Waals surface area contributed by atoms with Crippen molar-refractivity contribution in [3.8, 4) is 11.1 Å². The average Bonchev–Trinajstić information content (AvgIpc) is 2.95. The van der Waals surface area contributed by atoms with E-state index in [1.807, 2.05) is 73.8 Å². The lowest BCUT2D eigenvalue weighted by Crippen LogP contribution is -2.18. The van der Waals surface area contributed by atoms with Gasteiger partial charge < -0.3 is 0 Å². The number of benzene rings is 3. The van der Waals surface area contributed by atoms with Crippen LogP contribution in [0.2, 0.25) is 0 Å². The summed E-state index contributed by atoms with van der Waals surface area (Å²) < 4.78 is 48.4. The molecule has 1 atom stereocenters. The number of hydrogen-bond donors (Lipinski definition) is 0. The number of hydrogen-bond acceptors (Lipinski definition) is 6. The van der Waals surface area contributed by atoms with E-state index >= 15 is 0 Å². The minimum Gasteiger partial charge on any atom is -0.256 e. The molecule has 0 N–H and O–H groups in total. The number of fused-ring (bicyclic) bond motifs is 1. The summed E-state index contributed by atoms with van der Waals surface area (Å²) >= 11 is 0. The van der Waals surface area contributed by atoms with Crippen molar-refractivity contribution in [1.82, 2.24) is 9.97 Å². The highest BCUT2D eigenvalue weighted by molar-refractivity contribution is 7.91. The Morgan fingerprint density at radius 1 is 0.857 bits per heavy atom. The molecular formula is C34H32N2O4S2. The molecule has 2 aromatic heterocycles. The maximum absolute atomic E-state index is 12.2. The molecule has 1 unspecified atom stereocenters. The van der Waals surface area contributed by atoms with Crippen molar-refractivity contribution < 1.29 is 16.8 Å². The van der Waals surface area contributed by atoms with Crippen molar-refractivity contribution >= 4 is 42.2 Å². The first-order chi connectivity index (χ1) is 19.9. The number of pyridine rings is 2. The molecule has 0 saturated heterocycles. The van der Waals surface area contributed by atoms with Gasteiger partial charge in [0, 0.05) is 41.4 Å². The van der Waals surface area contributed by atoms with Crippen LogP contribution in [0.15, 0.2) is 102 Å². The predicted octanol–water partition coefficient (Wildman–Crippen LogP) is 6.57. The van der Waals surface area contributed by atoms with Crippen LogP contribution in [-0.2, 0) is 26.1 Å². The van der Waals surface area contributed by atoms with Crippen molar-refractivity contribution in [3.63, 3.8) is 0 Å². The van der Waals surface area contributed by atoms with E-state index in [2.05, 4.69) is 16.0 Å². The lowest BCUT2D eigenvalue weighted by atomic mass is 9.94. The van der Waals surface area contributed by atoms with Gasteiger partial charge in [0.2, 0.25) is 0 Å². The first-order valence-electron chi connectivity index (χ1n) is 13.5. The summed E-state index contributed by atoms with van der Waals surface area (Å²) in [4.78, 5) is 9.57. The zero-order valence-electron chi connectivity index (χ0n) is 23.9. The molecule has 3 aromatic carbocycles. The van der Waals surface area contributed by atoms with Gasteiger partial charge in [-0.2, -0.15) is 0 Å². The zero-order chi connectivity index (χ0) is 30.1. The third-order valence-electron chi connectivity index (χ3n) is 7.31. The Balaban J connectivity index is 1.63. The molecule has 0 aliphatic rings. The fourth-order valence-electron chi connectivity index (χ4n) is 4.85. The summed E-state index contributed by atoms with van der Waals surface area (Å²) in [5.74, 6) is 0. The fraction of sp³-hybridized carbons (Fsp3) is 0.176. The molecule has 8 heteroatoms. The van der Waals surface area contributed by atoms with Gasteiger partial charge in [0.05, 0.1) is 21.4 Å². The van der Waals surface area contributed by atoms with E-state index < -0.39 is 24.9 Å². The topological polar surface area (TPSA) is 94.1 Å². The summed E-state index contributed by atoms with van der Waals surface area (Å²) in [5.41, 5.74) is 8.07.